The van der Waals surface area contributed by atoms with E-state index in [2.05, 4.69) is 35.7 Å². The van der Waals surface area contributed by atoms with Crippen molar-refractivity contribution < 1.29 is 4.74 Å². The molecular formula is C16H19NO. The third-order valence-electron chi connectivity index (χ3n) is 2.90. The Labute approximate surface area is 108 Å². The molecule has 94 valence electrons. The Hall–Kier alpha value is -1.80. The number of rotatable bonds is 5. The van der Waals surface area contributed by atoms with E-state index in [1.807, 2.05) is 32.3 Å². The van der Waals surface area contributed by atoms with E-state index in [1.165, 1.54) is 10.8 Å². The van der Waals surface area contributed by atoms with Crippen LogP contribution in [0.5, 0.6) is 0 Å². The molecule has 2 nitrogen and oxygen atoms in total. The quantitative estimate of drug-likeness (QED) is 0.744. The first-order valence-electron chi connectivity index (χ1n) is 6.13. The van der Waals surface area contributed by atoms with Crippen LogP contribution < -0.4 is 0 Å². The lowest BCUT2D eigenvalue weighted by Crippen LogP contribution is -2.17. The summed E-state index contributed by atoms with van der Waals surface area (Å²) < 4.78 is 5.71. The minimum absolute atomic E-state index is 0.662. The number of hydrogen-bond donors (Lipinski definition) is 0. The summed E-state index contributed by atoms with van der Waals surface area (Å²) in [7, 11) is 4.06. The standard InChI is InChI=1S/C16H19NO/c1-13(18-12-11-17(2)3)15-10-6-8-14-7-4-5-9-16(14)15/h4-10H,1,11-12H2,2-3H3. The molecule has 0 aliphatic heterocycles. The lowest BCUT2D eigenvalue weighted by atomic mass is 10.0. The maximum Gasteiger partial charge on any atom is 0.120 e. The molecule has 2 rings (SSSR count). The molecule has 0 heterocycles. The van der Waals surface area contributed by atoms with Crippen LogP contribution in [0.25, 0.3) is 16.5 Å². The molecule has 0 N–H and O–H groups in total. The van der Waals surface area contributed by atoms with Gasteiger partial charge in [0.05, 0.1) is 0 Å². The van der Waals surface area contributed by atoms with Crippen molar-refractivity contribution in [2.24, 2.45) is 0 Å². The molecule has 0 aliphatic carbocycles. The van der Waals surface area contributed by atoms with Gasteiger partial charge in [-0.15, -0.1) is 0 Å². The third-order valence-corrected chi connectivity index (χ3v) is 2.90. The first-order chi connectivity index (χ1) is 8.68. The van der Waals surface area contributed by atoms with Gasteiger partial charge >= 0.3 is 0 Å². The minimum Gasteiger partial charge on any atom is -0.492 e. The Morgan fingerprint density at radius 1 is 1.11 bits per heavy atom. The van der Waals surface area contributed by atoms with Gasteiger partial charge in [0, 0.05) is 12.1 Å². The summed E-state index contributed by atoms with van der Waals surface area (Å²) in [6.45, 7) is 5.59. The van der Waals surface area contributed by atoms with Crippen molar-refractivity contribution in [1.29, 1.82) is 0 Å². The topological polar surface area (TPSA) is 12.5 Å². The minimum atomic E-state index is 0.662. The number of likely N-dealkylation sites (N-methyl/N-ethyl adjacent to an activating group) is 1. The summed E-state index contributed by atoms with van der Waals surface area (Å²) in [6, 6.07) is 14.5. The highest BCUT2D eigenvalue weighted by Crippen LogP contribution is 2.24. The van der Waals surface area contributed by atoms with Gasteiger partial charge in [0.15, 0.2) is 0 Å². The SMILES string of the molecule is C=C(OCCN(C)C)c1cccc2ccccc12. The summed E-state index contributed by atoms with van der Waals surface area (Å²) in [6.07, 6.45) is 0. The summed E-state index contributed by atoms with van der Waals surface area (Å²) in [5, 5.41) is 2.40. The van der Waals surface area contributed by atoms with Gasteiger partial charge in [0.1, 0.15) is 12.4 Å². The molecule has 0 fully saturated rings. The zero-order valence-corrected chi connectivity index (χ0v) is 11.0. The number of ether oxygens (including phenoxy) is 1. The summed E-state index contributed by atoms with van der Waals surface area (Å²) in [5.41, 5.74) is 1.08. The first-order valence-corrected chi connectivity index (χ1v) is 6.13. The van der Waals surface area contributed by atoms with Crippen LogP contribution in [0.3, 0.4) is 0 Å². The molecule has 0 saturated heterocycles. The van der Waals surface area contributed by atoms with E-state index in [1.54, 1.807) is 0 Å². The highest BCUT2D eigenvalue weighted by atomic mass is 16.5. The van der Waals surface area contributed by atoms with Crippen LogP contribution in [0, 0.1) is 0 Å². The predicted octanol–water partition coefficient (Wildman–Crippen LogP) is 3.39. The maximum absolute atomic E-state index is 5.71. The Bertz CT molecular complexity index is 540. The van der Waals surface area contributed by atoms with Gasteiger partial charge in [-0.2, -0.15) is 0 Å². The van der Waals surface area contributed by atoms with E-state index in [9.17, 15) is 0 Å². The largest absolute Gasteiger partial charge is 0.492 e. The normalized spacial score (nSPS) is 10.8. The zero-order valence-electron chi connectivity index (χ0n) is 11.0. The third kappa shape index (κ3) is 2.90. The van der Waals surface area contributed by atoms with Crippen LogP contribution in [-0.2, 0) is 4.74 Å². The van der Waals surface area contributed by atoms with Gasteiger partial charge in [-0.1, -0.05) is 49.0 Å². The smallest absolute Gasteiger partial charge is 0.120 e. The maximum atomic E-state index is 5.71. The van der Waals surface area contributed by atoms with E-state index in [-0.39, 0.29) is 0 Å². The fourth-order valence-electron chi connectivity index (χ4n) is 1.90. The second-order valence-corrected chi connectivity index (χ2v) is 4.60. The van der Waals surface area contributed by atoms with E-state index in [0.717, 1.165) is 17.9 Å². The molecule has 18 heavy (non-hydrogen) atoms. The number of nitrogens with zero attached hydrogens (tertiary/aromatic N) is 1. The fraction of sp³-hybridized carbons (Fsp3) is 0.250. The molecule has 0 aliphatic rings. The van der Waals surface area contributed by atoms with Gasteiger partial charge in [0.2, 0.25) is 0 Å². The summed E-state index contributed by atoms with van der Waals surface area (Å²) >= 11 is 0. The van der Waals surface area contributed by atoms with Crippen LogP contribution in [0.1, 0.15) is 5.56 Å². The van der Waals surface area contributed by atoms with Crippen molar-refractivity contribution in [2.75, 3.05) is 27.2 Å². The fourth-order valence-corrected chi connectivity index (χ4v) is 1.90. The molecule has 0 amide bonds. The average molecular weight is 241 g/mol. The molecule has 0 radical (unpaired) electrons. The van der Waals surface area contributed by atoms with E-state index < -0.39 is 0 Å². The molecule has 2 heteroatoms. The summed E-state index contributed by atoms with van der Waals surface area (Å²) in [5.74, 6) is 0.744. The number of hydrogen-bond acceptors (Lipinski definition) is 2. The highest BCUT2D eigenvalue weighted by molar-refractivity contribution is 5.92. The monoisotopic (exact) mass is 241 g/mol. The van der Waals surface area contributed by atoms with Gasteiger partial charge in [-0.05, 0) is 24.9 Å². The Morgan fingerprint density at radius 2 is 1.83 bits per heavy atom. The molecule has 0 unspecified atom stereocenters. The first kappa shape index (κ1) is 12.7. The Morgan fingerprint density at radius 3 is 2.61 bits per heavy atom. The van der Waals surface area contributed by atoms with Crippen LogP contribution in [0.4, 0.5) is 0 Å². The van der Waals surface area contributed by atoms with Crippen LogP contribution in [-0.4, -0.2) is 32.1 Å². The molecule has 2 aromatic carbocycles. The summed E-state index contributed by atoms with van der Waals surface area (Å²) in [4.78, 5) is 2.09. The highest BCUT2D eigenvalue weighted by Gasteiger charge is 2.05. The second kappa shape index (κ2) is 5.69. The van der Waals surface area contributed by atoms with Crippen molar-refractivity contribution >= 4 is 16.5 Å². The molecule has 0 atom stereocenters. The van der Waals surface area contributed by atoms with Crippen LogP contribution in [0.15, 0.2) is 49.0 Å². The van der Waals surface area contributed by atoms with Gasteiger partial charge < -0.3 is 9.64 Å². The molecule has 0 spiro atoms. The molecule has 0 aromatic heterocycles. The predicted molar refractivity (Wildman–Crippen MR) is 77.5 cm³/mol. The van der Waals surface area contributed by atoms with Gasteiger partial charge in [-0.25, -0.2) is 0 Å². The Kier molecular flexibility index (Phi) is 4.00. The van der Waals surface area contributed by atoms with Crippen molar-refractivity contribution in [3.8, 4) is 0 Å². The average Bonchev–Trinajstić information content (AvgIpc) is 2.37. The second-order valence-electron chi connectivity index (χ2n) is 4.60. The number of benzene rings is 2. The molecule has 2 aromatic rings. The number of fused-ring (bicyclic) bond motifs is 1. The van der Waals surface area contributed by atoms with E-state index in [0.29, 0.717) is 6.61 Å². The van der Waals surface area contributed by atoms with Crippen LogP contribution >= 0.6 is 0 Å². The van der Waals surface area contributed by atoms with Crippen molar-refractivity contribution in [2.45, 2.75) is 0 Å². The van der Waals surface area contributed by atoms with E-state index >= 15 is 0 Å². The molecule has 0 bridgehead atoms. The van der Waals surface area contributed by atoms with Crippen molar-refractivity contribution in [1.82, 2.24) is 4.90 Å². The van der Waals surface area contributed by atoms with Crippen molar-refractivity contribution in [3.05, 3.63) is 54.6 Å². The van der Waals surface area contributed by atoms with Gasteiger partial charge in [-0.3, -0.25) is 0 Å². The zero-order chi connectivity index (χ0) is 13.0. The lowest BCUT2D eigenvalue weighted by Gasteiger charge is -2.14. The Balaban J connectivity index is 2.17. The molecule has 0 saturated carbocycles. The molecular weight excluding hydrogens is 222 g/mol. The lowest BCUT2D eigenvalue weighted by molar-refractivity contribution is 0.233. The van der Waals surface area contributed by atoms with E-state index in [4.69, 9.17) is 4.74 Å². The van der Waals surface area contributed by atoms with Crippen molar-refractivity contribution in [3.63, 3.8) is 0 Å². The van der Waals surface area contributed by atoms with Crippen LogP contribution in [0.2, 0.25) is 0 Å². The van der Waals surface area contributed by atoms with Gasteiger partial charge in [0.25, 0.3) is 0 Å².